The number of nitrogens with one attached hydrogen (secondary N) is 5. The molecule has 3 amide bonds. The Balaban J connectivity index is 1.32. The highest BCUT2D eigenvalue weighted by Gasteiger charge is 2.24. The molecule has 5 rings (SSSR count). The van der Waals surface area contributed by atoms with Gasteiger partial charge in [0, 0.05) is 40.2 Å². The lowest BCUT2D eigenvalue weighted by Crippen LogP contribution is -2.19. The van der Waals surface area contributed by atoms with E-state index in [1.165, 1.54) is 0 Å². The van der Waals surface area contributed by atoms with Crippen LogP contribution in [0.1, 0.15) is 27.9 Å². The molecule has 3 aromatic carbocycles. The second-order valence-electron chi connectivity index (χ2n) is 9.01. The number of aromatic amines is 1. The van der Waals surface area contributed by atoms with Gasteiger partial charge in [0.1, 0.15) is 0 Å². The van der Waals surface area contributed by atoms with Gasteiger partial charge >= 0.3 is 6.03 Å². The molecule has 5 N–H and O–H groups in total. The number of hydrogen-bond acceptors (Lipinski definition) is 3. The van der Waals surface area contributed by atoms with E-state index in [0.29, 0.717) is 11.3 Å². The Labute approximate surface area is 209 Å². The predicted octanol–water partition coefficient (Wildman–Crippen LogP) is 6.82. The number of anilines is 5. The van der Waals surface area contributed by atoms with Crippen LogP contribution in [0, 0.1) is 20.8 Å². The molecular formula is C29H27N5O2. The zero-order valence-electron chi connectivity index (χ0n) is 20.3. The Hall–Kier alpha value is -4.78. The van der Waals surface area contributed by atoms with Crippen LogP contribution < -0.4 is 21.3 Å². The fraction of sp³-hybridized carbons (Fsp3) is 0.103. The number of urea groups is 1. The van der Waals surface area contributed by atoms with E-state index in [1.54, 1.807) is 0 Å². The third-order valence-corrected chi connectivity index (χ3v) is 6.00. The van der Waals surface area contributed by atoms with Crippen molar-refractivity contribution in [1.82, 2.24) is 4.98 Å². The maximum Gasteiger partial charge on any atom is 0.323 e. The summed E-state index contributed by atoms with van der Waals surface area (Å²) in [6.07, 6.45) is 3.77. The van der Waals surface area contributed by atoms with Crippen LogP contribution in [0.15, 0.2) is 72.9 Å². The SMILES string of the molecule is Cc1cccc(NC(=O)Nc2ccc(C)c(Nc3ccc4c(c3)NC(=O)/C4=C\c3cc(C)c[nH]3)c2)c1. The Morgan fingerprint density at radius 1 is 0.833 bits per heavy atom. The first-order valence-corrected chi connectivity index (χ1v) is 11.7. The van der Waals surface area contributed by atoms with Crippen molar-refractivity contribution in [1.29, 1.82) is 0 Å². The quantitative estimate of drug-likeness (QED) is 0.204. The standard InChI is InChI=1S/C29H27N5O2/c1-17-5-4-6-20(11-17)32-29(36)33-22-8-7-19(3)26(14-22)31-21-9-10-24-25(28(35)34-27(24)15-21)13-23-12-18(2)16-30-23/h4-16,30-31H,1-3H3,(H,34,35)(H2,32,33,36)/b25-13-. The lowest BCUT2D eigenvalue weighted by Gasteiger charge is -2.14. The number of rotatable bonds is 5. The monoisotopic (exact) mass is 477 g/mol. The molecule has 0 saturated heterocycles. The summed E-state index contributed by atoms with van der Waals surface area (Å²) < 4.78 is 0. The van der Waals surface area contributed by atoms with E-state index in [1.807, 2.05) is 99.8 Å². The molecule has 1 aliphatic heterocycles. The van der Waals surface area contributed by atoms with E-state index in [2.05, 4.69) is 26.3 Å². The highest BCUT2D eigenvalue weighted by atomic mass is 16.2. The van der Waals surface area contributed by atoms with Gasteiger partial charge in [-0.3, -0.25) is 4.79 Å². The summed E-state index contributed by atoms with van der Waals surface area (Å²) in [5, 5.41) is 12.1. The molecule has 7 heteroatoms. The average molecular weight is 478 g/mol. The number of aromatic nitrogens is 1. The number of benzene rings is 3. The van der Waals surface area contributed by atoms with E-state index in [0.717, 1.165) is 50.7 Å². The molecule has 0 spiro atoms. The molecular weight excluding hydrogens is 450 g/mol. The van der Waals surface area contributed by atoms with Crippen LogP contribution in [0.4, 0.5) is 33.2 Å². The molecule has 1 aliphatic rings. The van der Waals surface area contributed by atoms with Gasteiger partial charge in [-0.05, 0) is 86.0 Å². The normalized spacial score (nSPS) is 13.3. The minimum atomic E-state index is -0.313. The first kappa shape index (κ1) is 23.0. The summed E-state index contributed by atoms with van der Waals surface area (Å²) in [7, 11) is 0. The van der Waals surface area contributed by atoms with Gasteiger partial charge in [0.25, 0.3) is 5.91 Å². The van der Waals surface area contributed by atoms with Crippen LogP contribution in [0.2, 0.25) is 0 Å². The molecule has 2 heterocycles. The van der Waals surface area contributed by atoms with E-state index in [4.69, 9.17) is 0 Å². The predicted molar refractivity (Wildman–Crippen MR) is 147 cm³/mol. The molecule has 4 aromatic rings. The molecule has 0 unspecified atom stereocenters. The van der Waals surface area contributed by atoms with E-state index >= 15 is 0 Å². The Morgan fingerprint density at radius 2 is 1.61 bits per heavy atom. The topological polar surface area (TPSA) is 98.0 Å². The van der Waals surface area contributed by atoms with Gasteiger partial charge in [-0.15, -0.1) is 0 Å². The first-order valence-electron chi connectivity index (χ1n) is 11.7. The van der Waals surface area contributed by atoms with E-state index in [-0.39, 0.29) is 11.9 Å². The molecule has 0 radical (unpaired) electrons. The number of aryl methyl sites for hydroxylation is 3. The number of amides is 3. The molecule has 0 atom stereocenters. The van der Waals surface area contributed by atoms with Gasteiger partial charge in [0.15, 0.2) is 0 Å². The molecule has 7 nitrogen and oxygen atoms in total. The average Bonchev–Trinajstić information content (AvgIpc) is 3.38. The molecule has 36 heavy (non-hydrogen) atoms. The van der Waals surface area contributed by atoms with E-state index < -0.39 is 0 Å². The van der Waals surface area contributed by atoms with Crippen LogP contribution >= 0.6 is 0 Å². The fourth-order valence-electron chi connectivity index (χ4n) is 4.19. The summed E-state index contributed by atoms with van der Waals surface area (Å²) in [6, 6.07) is 20.8. The van der Waals surface area contributed by atoms with Gasteiger partial charge in [0.2, 0.25) is 0 Å². The third kappa shape index (κ3) is 5.00. The molecule has 0 saturated carbocycles. The fourth-order valence-corrected chi connectivity index (χ4v) is 4.19. The zero-order valence-corrected chi connectivity index (χ0v) is 20.3. The highest BCUT2D eigenvalue weighted by Crippen LogP contribution is 2.36. The summed E-state index contributed by atoms with van der Waals surface area (Å²) in [5.74, 6) is -0.128. The largest absolute Gasteiger partial charge is 0.361 e. The molecule has 0 fully saturated rings. The van der Waals surface area contributed by atoms with Crippen molar-refractivity contribution in [2.75, 3.05) is 21.3 Å². The van der Waals surface area contributed by atoms with Gasteiger partial charge in [-0.2, -0.15) is 0 Å². The Morgan fingerprint density at radius 3 is 2.36 bits per heavy atom. The maximum atomic E-state index is 12.6. The highest BCUT2D eigenvalue weighted by molar-refractivity contribution is 6.35. The number of carbonyl (C=O) groups excluding carboxylic acids is 2. The van der Waals surface area contributed by atoms with Crippen molar-refractivity contribution in [3.8, 4) is 0 Å². The summed E-state index contributed by atoms with van der Waals surface area (Å²) >= 11 is 0. The second-order valence-corrected chi connectivity index (χ2v) is 9.01. The van der Waals surface area contributed by atoms with Gasteiger partial charge in [-0.1, -0.05) is 24.3 Å². The number of hydrogen-bond donors (Lipinski definition) is 5. The van der Waals surface area contributed by atoms with Crippen molar-refractivity contribution in [3.05, 3.63) is 101 Å². The lowest BCUT2D eigenvalue weighted by atomic mass is 10.1. The zero-order chi connectivity index (χ0) is 25.2. The van der Waals surface area contributed by atoms with E-state index in [9.17, 15) is 9.59 Å². The van der Waals surface area contributed by atoms with Crippen molar-refractivity contribution >= 4 is 52.0 Å². The third-order valence-electron chi connectivity index (χ3n) is 6.00. The number of fused-ring (bicyclic) bond motifs is 1. The Kier molecular flexibility index (Phi) is 6.04. The van der Waals surface area contributed by atoms with Crippen LogP contribution in [0.3, 0.4) is 0 Å². The minimum Gasteiger partial charge on any atom is -0.361 e. The van der Waals surface area contributed by atoms with Gasteiger partial charge < -0.3 is 26.3 Å². The first-order chi connectivity index (χ1) is 17.3. The summed E-state index contributed by atoms with van der Waals surface area (Å²) in [6.45, 7) is 5.97. The van der Waals surface area contributed by atoms with Gasteiger partial charge in [-0.25, -0.2) is 4.79 Å². The minimum absolute atomic E-state index is 0.128. The van der Waals surface area contributed by atoms with Crippen molar-refractivity contribution in [2.24, 2.45) is 0 Å². The number of carbonyl (C=O) groups is 2. The van der Waals surface area contributed by atoms with Crippen LogP contribution in [0.5, 0.6) is 0 Å². The second kappa shape index (κ2) is 9.46. The van der Waals surface area contributed by atoms with Crippen molar-refractivity contribution in [3.63, 3.8) is 0 Å². The summed E-state index contributed by atoms with van der Waals surface area (Å²) in [4.78, 5) is 28.2. The molecule has 0 bridgehead atoms. The molecule has 0 aliphatic carbocycles. The Bertz CT molecular complexity index is 1520. The van der Waals surface area contributed by atoms with Crippen molar-refractivity contribution in [2.45, 2.75) is 20.8 Å². The maximum absolute atomic E-state index is 12.6. The summed E-state index contributed by atoms with van der Waals surface area (Å²) in [5.41, 5.74) is 9.41. The molecule has 180 valence electrons. The smallest absolute Gasteiger partial charge is 0.323 e. The number of H-pyrrole nitrogens is 1. The lowest BCUT2D eigenvalue weighted by molar-refractivity contribution is -0.110. The molecule has 1 aromatic heterocycles. The van der Waals surface area contributed by atoms with Crippen LogP contribution in [-0.4, -0.2) is 16.9 Å². The van der Waals surface area contributed by atoms with Crippen LogP contribution in [-0.2, 0) is 4.79 Å². The van der Waals surface area contributed by atoms with Crippen molar-refractivity contribution < 1.29 is 9.59 Å². The van der Waals surface area contributed by atoms with Crippen LogP contribution in [0.25, 0.3) is 11.6 Å². The van der Waals surface area contributed by atoms with Gasteiger partial charge in [0.05, 0.1) is 11.3 Å².